The predicted molar refractivity (Wildman–Crippen MR) is 132 cm³/mol. The predicted octanol–water partition coefficient (Wildman–Crippen LogP) is 5.33. The number of rotatable bonds is 7. The van der Waals surface area contributed by atoms with E-state index in [-0.39, 0.29) is 18.7 Å². The first-order chi connectivity index (χ1) is 18.2. The Hall–Kier alpha value is -4.21. The summed E-state index contributed by atoms with van der Waals surface area (Å²) in [6.45, 7) is 0.262. The zero-order chi connectivity index (χ0) is 27.4. The topological polar surface area (TPSA) is 74.3 Å². The molecule has 200 valence electrons. The fourth-order valence-electron chi connectivity index (χ4n) is 4.43. The second kappa shape index (κ2) is 11.0. The molecule has 0 bridgehead atoms. The highest BCUT2D eigenvalue weighted by Gasteiger charge is 2.35. The van der Waals surface area contributed by atoms with E-state index in [1.165, 1.54) is 38.4 Å². The lowest BCUT2D eigenvalue weighted by molar-refractivity contribution is -0.137. The van der Waals surface area contributed by atoms with Gasteiger partial charge in [-0.2, -0.15) is 13.2 Å². The van der Waals surface area contributed by atoms with Gasteiger partial charge in [0.25, 0.3) is 5.91 Å². The van der Waals surface area contributed by atoms with Crippen molar-refractivity contribution in [1.82, 2.24) is 4.90 Å². The minimum absolute atomic E-state index is 0.00472. The Bertz CT molecular complexity index is 1320. The lowest BCUT2D eigenvalue weighted by Gasteiger charge is -2.37. The average Bonchev–Trinajstić information content (AvgIpc) is 2.94. The summed E-state index contributed by atoms with van der Waals surface area (Å²) in [5.74, 6) is 0.383. The molecule has 1 amide bonds. The van der Waals surface area contributed by atoms with Crippen LogP contribution in [0.3, 0.4) is 0 Å². The Morgan fingerprint density at radius 2 is 1.61 bits per heavy atom. The van der Waals surface area contributed by atoms with Crippen LogP contribution in [0.1, 0.15) is 43.4 Å². The van der Waals surface area contributed by atoms with Gasteiger partial charge in [-0.3, -0.25) is 4.79 Å². The van der Waals surface area contributed by atoms with Gasteiger partial charge in [-0.1, -0.05) is 6.07 Å². The second-order valence-corrected chi connectivity index (χ2v) is 8.58. The number of ether oxygens (including phenoxy) is 4. The van der Waals surface area contributed by atoms with E-state index >= 15 is 0 Å². The number of hydrogen-bond donors (Lipinski definition) is 0. The van der Waals surface area contributed by atoms with Crippen molar-refractivity contribution in [2.75, 3.05) is 34.5 Å². The molecule has 0 spiro atoms. The maximum Gasteiger partial charge on any atom is 0.416 e. The molecular weight excluding hydrogens is 503 g/mol. The van der Waals surface area contributed by atoms with Crippen LogP contribution in [0.2, 0.25) is 0 Å². The summed E-state index contributed by atoms with van der Waals surface area (Å²) < 4.78 is 61.5. The fourth-order valence-corrected chi connectivity index (χ4v) is 4.43. The monoisotopic (exact) mass is 529 g/mol. The fraction of sp³-hybridized carbons (Fsp3) is 0.286. The normalized spacial score (nSPS) is 14.9. The summed E-state index contributed by atoms with van der Waals surface area (Å²) in [7, 11) is 4.30. The molecular formula is C28H26F3NO6. The first kappa shape index (κ1) is 26.8. The van der Waals surface area contributed by atoms with Crippen LogP contribution in [0.4, 0.5) is 13.2 Å². The smallest absolute Gasteiger partial charge is 0.416 e. The number of carbonyl (C=O) groups excluding carboxylic acids is 2. The van der Waals surface area contributed by atoms with Crippen LogP contribution in [0.25, 0.3) is 0 Å². The Balaban J connectivity index is 1.68. The SMILES string of the molecule is COC(=O)c1ccc(OC[C@@H]2c3cc(OC)c(OC)cc3CCN2C(=O)c2cccc(C(F)(F)F)c2)cc1. The molecule has 38 heavy (non-hydrogen) atoms. The number of nitrogens with zero attached hydrogens (tertiary/aromatic N) is 1. The maximum absolute atomic E-state index is 13.5. The molecule has 0 aliphatic carbocycles. The summed E-state index contributed by atoms with van der Waals surface area (Å²) in [5.41, 5.74) is 1.02. The summed E-state index contributed by atoms with van der Waals surface area (Å²) in [5, 5.41) is 0. The Morgan fingerprint density at radius 1 is 0.921 bits per heavy atom. The highest BCUT2D eigenvalue weighted by atomic mass is 19.4. The van der Waals surface area contributed by atoms with Gasteiger partial charge in [-0.15, -0.1) is 0 Å². The number of halogens is 3. The molecule has 0 fully saturated rings. The molecule has 0 saturated carbocycles. The van der Waals surface area contributed by atoms with Gasteiger partial charge in [-0.05, 0) is 72.1 Å². The van der Waals surface area contributed by atoms with Crippen molar-refractivity contribution in [3.05, 3.63) is 88.5 Å². The van der Waals surface area contributed by atoms with Crippen molar-refractivity contribution in [3.63, 3.8) is 0 Å². The van der Waals surface area contributed by atoms with Crippen molar-refractivity contribution in [2.24, 2.45) is 0 Å². The largest absolute Gasteiger partial charge is 0.493 e. The third kappa shape index (κ3) is 5.53. The number of benzene rings is 3. The molecule has 1 aliphatic rings. The Labute approximate surface area is 217 Å². The zero-order valence-electron chi connectivity index (χ0n) is 21.0. The van der Waals surface area contributed by atoms with Crippen LogP contribution in [-0.4, -0.2) is 51.3 Å². The van der Waals surface area contributed by atoms with Crippen molar-refractivity contribution in [2.45, 2.75) is 18.6 Å². The Kier molecular flexibility index (Phi) is 7.80. The van der Waals surface area contributed by atoms with E-state index in [1.54, 1.807) is 30.3 Å². The van der Waals surface area contributed by atoms with Crippen molar-refractivity contribution in [3.8, 4) is 17.2 Å². The van der Waals surface area contributed by atoms with Gasteiger partial charge in [0, 0.05) is 12.1 Å². The van der Waals surface area contributed by atoms with E-state index in [0.717, 1.165) is 23.3 Å². The zero-order valence-corrected chi connectivity index (χ0v) is 21.0. The van der Waals surface area contributed by atoms with Crippen molar-refractivity contribution < 1.29 is 41.7 Å². The standard InChI is InChI=1S/C28H26F3NO6/c1-35-24-14-18-11-12-32(26(33)19-5-4-6-20(13-19)28(29,30)31)23(22(18)15-25(24)36-2)16-38-21-9-7-17(8-10-21)27(34)37-3/h4-10,13-15,23H,11-12,16H2,1-3H3/t23-/m1/s1. The Morgan fingerprint density at radius 3 is 2.24 bits per heavy atom. The molecule has 7 nitrogen and oxygen atoms in total. The van der Waals surface area contributed by atoms with Crippen LogP contribution >= 0.6 is 0 Å². The molecule has 10 heteroatoms. The van der Waals surface area contributed by atoms with E-state index in [9.17, 15) is 22.8 Å². The summed E-state index contributed by atoms with van der Waals surface area (Å²) in [4.78, 5) is 26.8. The number of fused-ring (bicyclic) bond motifs is 1. The molecule has 3 aromatic rings. The molecule has 0 radical (unpaired) electrons. The number of amides is 1. The van der Waals surface area contributed by atoms with E-state index in [0.29, 0.717) is 29.2 Å². The summed E-state index contributed by atoms with van der Waals surface area (Å²) in [6, 6.07) is 13.6. The van der Waals surface area contributed by atoms with Crippen LogP contribution in [-0.2, 0) is 17.3 Å². The van der Waals surface area contributed by atoms with E-state index < -0.39 is 29.7 Å². The third-order valence-electron chi connectivity index (χ3n) is 6.38. The van der Waals surface area contributed by atoms with Gasteiger partial charge in [0.2, 0.25) is 0 Å². The number of carbonyl (C=O) groups is 2. The number of methoxy groups -OCH3 is 3. The highest BCUT2D eigenvalue weighted by Crippen LogP contribution is 2.39. The van der Waals surface area contributed by atoms with E-state index in [2.05, 4.69) is 0 Å². The highest BCUT2D eigenvalue weighted by molar-refractivity contribution is 5.95. The molecule has 1 heterocycles. The minimum Gasteiger partial charge on any atom is -0.493 e. The minimum atomic E-state index is -4.58. The summed E-state index contributed by atoms with van der Waals surface area (Å²) in [6.07, 6.45) is -4.11. The van der Waals surface area contributed by atoms with Gasteiger partial charge in [0.15, 0.2) is 11.5 Å². The van der Waals surface area contributed by atoms with Gasteiger partial charge in [0.1, 0.15) is 12.4 Å². The maximum atomic E-state index is 13.5. The first-order valence-corrected chi connectivity index (χ1v) is 11.7. The molecule has 0 N–H and O–H groups in total. The molecule has 1 atom stereocenters. The average molecular weight is 530 g/mol. The van der Waals surface area contributed by atoms with Gasteiger partial charge in [0.05, 0.1) is 38.5 Å². The molecule has 1 aliphatic heterocycles. The first-order valence-electron chi connectivity index (χ1n) is 11.7. The lowest BCUT2D eigenvalue weighted by Crippen LogP contribution is -2.42. The van der Waals surface area contributed by atoms with Crippen LogP contribution in [0.15, 0.2) is 60.7 Å². The van der Waals surface area contributed by atoms with Crippen LogP contribution in [0, 0.1) is 0 Å². The number of alkyl halides is 3. The van der Waals surface area contributed by atoms with Crippen LogP contribution < -0.4 is 14.2 Å². The van der Waals surface area contributed by atoms with E-state index in [1.807, 2.05) is 6.07 Å². The lowest BCUT2D eigenvalue weighted by atomic mass is 9.91. The number of esters is 1. The van der Waals surface area contributed by atoms with Gasteiger partial charge >= 0.3 is 12.1 Å². The molecule has 0 aromatic heterocycles. The molecule has 0 saturated heterocycles. The molecule has 3 aromatic carbocycles. The molecule has 4 rings (SSSR count). The van der Waals surface area contributed by atoms with Gasteiger partial charge in [-0.25, -0.2) is 4.79 Å². The van der Waals surface area contributed by atoms with Crippen LogP contribution in [0.5, 0.6) is 17.2 Å². The third-order valence-corrected chi connectivity index (χ3v) is 6.38. The molecule has 0 unspecified atom stereocenters. The van der Waals surface area contributed by atoms with Crippen molar-refractivity contribution >= 4 is 11.9 Å². The van der Waals surface area contributed by atoms with Crippen molar-refractivity contribution in [1.29, 1.82) is 0 Å². The number of hydrogen-bond acceptors (Lipinski definition) is 6. The van der Waals surface area contributed by atoms with E-state index in [4.69, 9.17) is 18.9 Å². The second-order valence-electron chi connectivity index (χ2n) is 8.58. The summed E-state index contributed by atoms with van der Waals surface area (Å²) >= 11 is 0. The van der Waals surface area contributed by atoms with Gasteiger partial charge < -0.3 is 23.8 Å². The quantitative estimate of drug-likeness (QED) is 0.386.